The number of hydrogen-bond donors (Lipinski definition) is 0. The van der Waals surface area contributed by atoms with Gasteiger partial charge in [0.15, 0.2) is 0 Å². The van der Waals surface area contributed by atoms with Crippen LogP contribution < -0.4 is 10.6 Å². The van der Waals surface area contributed by atoms with Crippen LogP contribution in [0.4, 0.5) is 0 Å². The number of allylic oxidation sites excluding steroid dienone is 3. The monoisotopic (exact) mass is 197 g/mol. The molecule has 2 rings (SSSR count). The van der Waals surface area contributed by atoms with Gasteiger partial charge in [-0.05, 0) is 24.8 Å². The van der Waals surface area contributed by atoms with E-state index in [-0.39, 0.29) is 0 Å². The molecule has 0 aromatic carbocycles. The summed E-state index contributed by atoms with van der Waals surface area (Å²) in [5.41, 5.74) is 7.10. The molecule has 1 aromatic heterocycles. The summed E-state index contributed by atoms with van der Waals surface area (Å²) in [6.07, 6.45) is 7.81. The van der Waals surface area contributed by atoms with Crippen molar-refractivity contribution in [1.29, 1.82) is 0 Å². The van der Waals surface area contributed by atoms with Crippen molar-refractivity contribution >= 4 is 11.8 Å². The Morgan fingerprint density at radius 1 is 1.27 bits per heavy atom. The summed E-state index contributed by atoms with van der Waals surface area (Å²) in [6, 6.07) is 3.95. The van der Waals surface area contributed by atoms with Gasteiger partial charge >= 0.3 is 0 Å². The second kappa shape index (κ2) is 5.82. The lowest BCUT2D eigenvalue weighted by Crippen LogP contribution is -2.27. The highest BCUT2D eigenvalue weighted by molar-refractivity contribution is 5.56. The van der Waals surface area contributed by atoms with Crippen molar-refractivity contribution in [3.63, 3.8) is 0 Å². The van der Waals surface area contributed by atoms with Gasteiger partial charge in [0.1, 0.15) is 5.35 Å². The first-order chi connectivity index (χ1) is 7.40. The number of rotatable bonds is 1. The topological polar surface area (TPSA) is 12.9 Å². The normalized spacial score (nSPS) is 11.8. The fourth-order valence-corrected chi connectivity index (χ4v) is 1.24. The second-order valence-electron chi connectivity index (χ2n) is 2.79. The molecular formula is C14H15N. The first-order valence-electron chi connectivity index (χ1n) is 5.21. The standard InChI is InChI=1S/C12H9N.C2H6/c1-2-4-10-6-7-12-11(9-10)5-3-8-13-12;1-2/h2-5,8-9H,1H3;1-2H3/b4-2+;. The summed E-state index contributed by atoms with van der Waals surface area (Å²) < 4.78 is 0. The highest BCUT2D eigenvalue weighted by Crippen LogP contribution is 1.96. The van der Waals surface area contributed by atoms with E-state index in [4.69, 9.17) is 0 Å². The summed E-state index contributed by atoms with van der Waals surface area (Å²) >= 11 is 0. The van der Waals surface area contributed by atoms with E-state index in [2.05, 4.69) is 22.5 Å². The number of nitrogens with zero attached hydrogens (tertiary/aromatic N) is 1. The summed E-state index contributed by atoms with van der Waals surface area (Å²) in [4.78, 5) is 4.17. The van der Waals surface area contributed by atoms with E-state index in [0.29, 0.717) is 0 Å². The zero-order valence-corrected chi connectivity index (χ0v) is 9.41. The summed E-state index contributed by atoms with van der Waals surface area (Å²) in [7, 11) is 0. The minimum absolute atomic E-state index is 0.871. The van der Waals surface area contributed by atoms with Gasteiger partial charge in [0.2, 0.25) is 0 Å². The molecule has 1 aromatic rings. The van der Waals surface area contributed by atoms with Crippen LogP contribution in [0, 0.1) is 0 Å². The SMILES string of the molecule is C/C=C/C1=C=C=c2ncccc2=C1.CC. The Kier molecular flexibility index (Phi) is 4.37. The number of hydrogen-bond acceptors (Lipinski definition) is 1. The minimum Gasteiger partial charge on any atom is -0.247 e. The minimum atomic E-state index is 0.871. The van der Waals surface area contributed by atoms with Crippen molar-refractivity contribution in [2.24, 2.45) is 0 Å². The Balaban J connectivity index is 0.000000531. The van der Waals surface area contributed by atoms with Gasteiger partial charge in [0, 0.05) is 17.0 Å². The van der Waals surface area contributed by atoms with Crippen molar-refractivity contribution < 1.29 is 0 Å². The molecule has 0 amide bonds. The van der Waals surface area contributed by atoms with Crippen LogP contribution in [0.2, 0.25) is 0 Å². The zero-order valence-electron chi connectivity index (χ0n) is 9.41. The zero-order chi connectivity index (χ0) is 11.1. The van der Waals surface area contributed by atoms with Crippen molar-refractivity contribution in [1.82, 2.24) is 4.98 Å². The Bertz CT molecular complexity index is 537. The maximum atomic E-state index is 4.17. The highest BCUT2D eigenvalue weighted by atomic mass is 14.6. The number of fused-ring (bicyclic) bond motifs is 1. The molecule has 0 saturated carbocycles. The van der Waals surface area contributed by atoms with Gasteiger partial charge in [-0.25, -0.2) is 4.98 Å². The molecule has 0 saturated heterocycles. The van der Waals surface area contributed by atoms with Gasteiger partial charge in [0.05, 0.1) is 0 Å². The first-order valence-corrected chi connectivity index (χ1v) is 5.21. The lowest BCUT2D eigenvalue weighted by atomic mass is 10.1. The first kappa shape index (κ1) is 11.3. The van der Waals surface area contributed by atoms with Crippen LogP contribution in [0.3, 0.4) is 0 Å². The molecule has 1 heteroatoms. The molecule has 0 atom stereocenters. The van der Waals surface area contributed by atoms with Gasteiger partial charge in [-0.3, -0.25) is 0 Å². The van der Waals surface area contributed by atoms with E-state index in [0.717, 1.165) is 16.1 Å². The van der Waals surface area contributed by atoms with Gasteiger partial charge in [-0.1, -0.05) is 37.8 Å². The second-order valence-corrected chi connectivity index (χ2v) is 2.79. The predicted molar refractivity (Wildman–Crippen MR) is 64.5 cm³/mol. The molecule has 0 bridgehead atoms. The smallest absolute Gasteiger partial charge is 0.120 e. The summed E-state index contributed by atoms with van der Waals surface area (Å²) in [6.45, 7) is 5.99. The molecule has 0 fully saturated rings. The largest absolute Gasteiger partial charge is 0.247 e. The molecular weight excluding hydrogens is 182 g/mol. The van der Waals surface area contributed by atoms with Crippen molar-refractivity contribution in [3.05, 3.63) is 52.4 Å². The van der Waals surface area contributed by atoms with Crippen LogP contribution in [0.15, 0.2) is 41.8 Å². The number of pyridine rings is 1. The molecule has 1 nitrogen and oxygen atoms in total. The molecule has 1 heterocycles. The maximum absolute atomic E-state index is 4.17. The molecule has 0 unspecified atom stereocenters. The van der Waals surface area contributed by atoms with Crippen LogP contribution >= 0.6 is 0 Å². The Morgan fingerprint density at radius 2 is 2.07 bits per heavy atom. The fraction of sp³-hybridized carbons (Fsp3) is 0.214. The van der Waals surface area contributed by atoms with Crippen molar-refractivity contribution in [3.8, 4) is 0 Å². The van der Waals surface area contributed by atoms with Gasteiger partial charge < -0.3 is 0 Å². The van der Waals surface area contributed by atoms with Crippen molar-refractivity contribution in [2.75, 3.05) is 0 Å². The number of aromatic nitrogens is 1. The third-order valence-corrected chi connectivity index (χ3v) is 1.82. The quantitative estimate of drug-likeness (QED) is 0.627. The van der Waals surface area contributed by atoms with Crippen LogP contribution in [0.1, 0.15) is 20.8 Å². The van der Waals surface area contributed by atoms with E-state index >= 15 is 0 Å². The van der Waals surface area contributed by atoms with Crippen LogP contribution in [-0.2, 0) is 0 Å². The molecule has 15 heavy (non-hydrogen) atoms. The van der Waals surface area contributed by atoms with E-state index in [9.17, 15) is 0 Å². The van der Waals surface area contributed by atoms with Crippen LogP contribution in [-0.4, -0.2) is 4.98 Å². The maximum Gasteiger partial charge on any atom is 0.120 e. The average molecular weight is 197 g/mol. The molecule has 0 spiro atoms. The van der Waals surface area contributed by atoms with Gasteiger partial charge in [-0.2, -0.15) is 0 Å². The van der Waals surface area contributed by atoms with E-state index in [1.807, 2.05) is 45.1 Å². The van der Waals surface area contributed by atoms with E-state index in [1.165, 1.54) is 0 Å². The Hall–Kier alpha value is -1.81. The average Bonchev–Trinajstić information content (AvgIpc) is 2.32. The van der Waals surface area contributed by atoms with Gasteiger partial charge in [-0.15, -0.1) is 0 Å². The lowest BCUT2D eigenvalue weighted by molar-refractivity contribution is 1.22. The third-order valence-electron chi connectivity index (χ3n) is 1.82. The molecule has 0 aliphatic heterocycles. The fourth-order valence-electron chi connectivity index (χ4n) is 1.24. The van der Waals surface area contributed by atoms with Crippen LogP contribution in [0.25, 0.3) is 11.8 Å². The van der Waals surface area contributed by atoms with Gasteiger partial charge in [0.25, 0.3) is 0 Å². The molecule has 1 aliphatic carbocycles. The van der Waals surface area contributed by atoms with Crippen LogP contribution in [0.5, 0.6) is 0 Å². The third kappa shape index (κ3) is 2.82. The molecule has 0 radical (unpaired) electrons. The Labute approximate surface area is 90.5 Å². The summed E-state index contributed by atoms with van der Waals surface area (Å²) in [5.74, 6) is 0. The molecule has 1 aliphatic rings. The highest BCUT2D eigenvalue weighted by Gasteiger charge is 1.90. The predicted octanol–water partition coefficient (Wildman–Crippen LogP) is 1.94. The Morgan fingerprint density at radius 3 is 2.80 bits per heavy atom. The summed E-state index contributed by atoms with van der Waals surface area (Å²) in [5, 5.41) is 1.98. The molecule has 76 valence electrons. The van der Waals surface area contributed by atoms with E-state index < -0.39 is 0 Å². The lowest BCUT2D eigenvalue weighted by Gasteiger charge is -1.92. The van der Waals surface area contributed by atoms with Crippen molar-refractivity contribution in [2.45, 2.75) is 20.8 Å². The van der Waals surface area contributed by atoms with E-state index in [1.54, 1.807) is 6.20 Å². The molecule has 0 N–H and O–H groups in total.